The third-order valence-corrected chi connectivity index (χ3v) is 9.90. The smallest absolute Gasteiger partial charge is 0.229 e. The van der Waals surface area contributed by atoms with Crippen molar-refractivity contribution < 1.29 is 8.60 Å². The lowest BCUT2D eigenvalue weighted by molar-refractivity contribution is 0.0982. The zero-order valence-electron chi connectivity index (χ0n) is 25.9. The van der Waals surface area contributed by atoms with Crippen LogP contribution in [0.4, 0.5) is 27.5 Å². The Bertz CT molecular complexity index is 1840. The fourth-order valence-electron chi connectivity index (χ4n) is 6.50. The molecule has 0 amide bonds. The molecule has 0 radical (unpaired) electrons. The molecule has 5 heterocycles. The molecule has 1 aromatic carbocycles. The lowest BCUT2D eigenvalue weighted by Crippen LogP contribution is -2.52. The number of benzene rings is 1. The Kier molecular flexibility index (Phi) is 8.18. The molecule has 7 rings (SSSR count). The molecule has 3 aliphatic rings. The van der Waals surface area contributed by atoms with E-state index in [9.17, 15) is 4.21 Å². The highest BCUT2D eigenvalue weighted by atomic mass is 35.5. The minimum Gasteiger partial charge on any atom is -0.370 e. The molecule has 4 aromatic rings. The summed E-state index contributed by atoms with van der Waals surface area (Å²) in [5, 5.41) is 4.26. The molecule has 2 aliphatic heterocycles. The normalized spacial score (nSPS) is 18.9. The second kappa shape index (κ2) is 12.1. The molecule has 238 valence electrons. The number of likely N-dealkylation sites (N-methyl/N-ethyl adjacent to an activating group) is 1. The molecule has 45 heavy (non-hydrogen) atoms. The van der Waals surface area contributed by atoms with Gasteiger partial charge in [-0.15, -0.1) is 0 Å². The molecule has 0 atom stereocenters. The van der Waals surface area contributed by atoms with Crippen LogP contribution in [0.25, 0.3) is 16.9 Å². The molecule has 3 aromatic heterocycles. The van der Waals surface area contributed by atoms with Crippen LogP contribution in [0, 0.1) is 5.82 Å². The van der Waals surface area contributed by atoms with Crippen LogP contribution >= 0.6 is 11.6 Å². The Labute approximate surface area is 268 Å². The minimum absolute atomic E-state index is 0.0811. The molecule has 1 N–H and O–H groups in total. The fourth-order valence-corrected chi connectivity index (χ4v) is 7.35. The Morgan fingerprint density at radius 2 is 1.76 bits per heavy atom. The van der Waals surface area contributed by atoms with Gasteiger partial charge in [0.2, 0.25) is 5.95 Å². The minimum atomic E-state index is -2.42. The van der Waals surface area contributed by atoms with E-state index in [1.807, 2.05) is 18.2 Å². The van der Waals surface area contributed by atoms with Crippen molar-refractivity contribution in [3.8, 4) is 5.82 Å². The number of piperazine rings is 1. The van der Waals surface area contributed by atoms with Gasteiger partial charge in [0.25, 0.3) is 0 Å². The van der Waals surface area contributed by atoms with Gasteiger partial charge in [0.15, 0.2) is 17.3 Å². The number of halogens is 2. The number of rotatable bonds is 7. The van der Waals surface area contributed by atoms with Crippen LogP contribution in [0.2, 0.25) is 5.02 Å². The zero-order valence-corrected chi connectivity index (χ0v) is 27.5. The van der Waals surface area contributed by atoms with Gasteiger partial charge in [-0.25, -0.2) is 18.6 Å². The van der Waals surface area contributed by atoms with E-state index in [0.29, 0.717) is 45.4 Å². The number of nitrogens with one attached hydrogen (secondary N) is 1. The van der Waals surface area contributed by atoms with E-state index < -0.39 is 9.73 Å². The van der Waals surface area contributed by atoms with Crippen LogP contribution in [-0.4, -0.2) is 98.4 Å². The van der Waals surface area contributed by atoms with Crippen LogP contribution in [0.3, 0.4) is 0 Å². The number of hydrogen-bond acceptors (Lipinski definition) is 9. The van der Waals surface area contributed by atoms with Gasteiger partial charge >= 0.3 is 0 Å². The maximum absolute atomic E-state index is 15.8. The van der Waals surface area contributed by atoms with Crippen LogP contribution in [0.1, 0.15) is 37.3 Å². The summed E-state index contributed by atoms with van der Waals surface area (Å²) < 4.78 is 34.1. The molecule has 1 aliphatic carbocycles. The standard InChI is InChI=1S/C32H39ClFN9OS/c1-40-15-17-41(18-16-40)23-11-13-42(14-12-23)26-10-9-22(19-25(26)33)36-32-35-20-24-29(34)30(21-7-8-21)43(31(24)38-32)28-6-4-5-27(37-28)39-45(2,3)44/h4-6,9-10,19-21,23H,7-8,11-18H2,1-3H3,(H,35,36,38). The Hall–Kier alpha value is -3.32. The number of pyridine rings is 1. The first-order valence-electron chi connectivity index (χ1n) is 15.6. The molecule has 2 saturated heterocycles. The highest BCUT2D eigenvalue weighted by molar-refractivity contribution is 7.92. The monoisotopic (exact) mass is 651 g/mol. The number of aromatic nitrogens is 4. The molecule has 10 nitrogen and oxygen atoms in total. The van der Waals surface area contributed by atoms with Crippen LogP contribution in [0.5, 0.6) is 0 Å². The summed E-state index contributed by atoms with van der Waals surface area (Å²) in [6.45, 7) is 6.53. The summed E-state index contributed by atoms with van der Waals surface area (Å²) in [5.74, 6) is 0.882. The van der Waals surface area contributed by atoms with E-state index >= 15 is 4.39 Å². The van der Waals surface area contributed by atoms with Crippen molar-refractivity contribution in [3.63, 3.8) is 0 Å². The quantitative estimate of drug-likeness (QED) is 0.268. The molecule has 0 spiro atoms. The number of nitrogens with zero attached hydrogens (tertiary/aromatic N) is 8. The van der Waals surface area contributed by atoms with Crippen molar-refractivity contribution in [1.82, 2.24) is 29.3 Å². The van der Waals surface area contributed by atoms with Crippen LogP contribution in [0.15, 0.2) is 47.0 Å². The van der Waals surface area contributed by atoms with Crippen molar-refractivity contribution in [2.75, 3.05) is 69.0 Å². The van der Waals surface area contributed by atoms with Gasteiger partial charge in [-0.1, -0.05) is 17.7 Å². The van der Waals surface area contributed by atoms with Crippen LogP contribution in [-0.2, 0) is 9.73 Å². The largest absolute Gasteiger partial charge is 0.370 e. The maximum atomic E-state index is 15.8. The summed E-state index contributed by atoms with van der Waals surface area (Å²) in [4.78, 5) is 21.2. The third-order valence-electron chi connectivity index (χ3n) is 8.97. The second-order valence-electron chi connectivity index (χ2n) is 12.7. The van der Waals surface area contributed by atoms with E-state index in [0.717, 1.165) is 76.3 Å². The average Bonchev–Trinajstić information content (AvgIpc) is 3.80. The van der Waals surface area contributed by atoms with Gasteiger partial charge in [-0.2, -0.15) is 9.35 Å². The zero-order chi connectivity index (χ0) is 31.3. The third kappa shape index (κ3) is 6.51. The lowest BCUT2D eigenvalue weighted by atomic mass is 10.0. The van der Waals surface area contributed by atoms with Gasteiger partial charge in [0, 0.05) is 85.4 Å². The summed E-state index contributed by atoms with van der Waals surface area (Å²) in [6, 6.07) is 11.8. The molecular weight excluding hydrogens is 613 g/mol. The molecule has 0 bridgehead atoms. The Morgan fingerprint density at radius 3 is 2.44 bits per heavy atom. The number of fused-ring (bicyclic) bond motifs is 1. The summed E-state index contributed by atoms with van der Waals surface area (Å²) in [7, 11) is -0.219. The predicted molar refractivity (Wildman–Crippen MR) is 180 cm³/mol. The molecule has 13 heteroatoms. The summed E-state index contributed by atoms with van der Waals surface area (Å²) in [6.07, 6.45) is 8.69. The van der Waals surface area contributed by atoms with Gasteiger partial charge < -0.3 is 15.1 Å². The maximum Gasteiger partial charge on any atom is 0.229 e. The lowest BCUT2D eigenvalue weighted by Gasteiger charge is -2.42. The first-order chi connectivity index (χ1) is 21.6. The Balaban J connectivity index is 1.12. The van der Waals surface area contributed by atoms with E-state index in [1.165, 1.54) is 6.20 Å². The van der Waals surface area contributed by atoms with Crippen LogP contribution < -0.4 is 10.2 Å². The van der Waals surface area contributed by atoms with Crippen molar-refractivity contribution >= 4 is 55.5 Å². The van der Waals surface area contributed by atoms with Crippen molar-refractivity contribution in [1.29, 1.82) is 0 Å². The van der Waals surface area contributed by atoms with Crippen molar-refractivity contribution in [2.45, 2.75) is 37.6 Å². The molecule has 1 saturated carbocycles. The molecule has 3 fully saturated rings. The number of anilines is 3. The average molecular weight is 652 g/mol. The van der Waals surface area contributed by atoms with E-state index in [4.69, 9.17) is 16.6 Å². The van der Waals surface area contributed by atoms with Crippen molar-refractivity contribution in [3.05, 3.63) is 59.1 Å². The number of piperidine rings is 1. The first-order valence-corrected chi connectivity index (χ1v) is 18.3. The molecule has 0 unspecified atom stereocenters. The predicted octanol–water partition coefficient (Wildman–Crippen LogP) is 5.80. The van der Waals surface area contributed by atoms with E-state index in [1.54, 1.807) is 35.3 Å². The van der Waals surface area contributed by atoms with E-state index in [2.05, 4.69) is 41.4 Å². The van der Waals surface area contributed by atoms with Gasteiger partial charge in [0.05, 0.1) is 21.8 Å². The van der Waals surface area contributed by atoms with Gasteiger partial charge in [-0.3, -0.25) is 9.47 Å². The topological polar surface area (TPSA) is 94.8 Å². The van der Waals surface area contributed by atoms with E-state index in [-0.39, 0.29) is 11.7 Å². The molecular formula is C32H39ClFN9OS. The van der Waals surface area contributed by atoms with Gasteiger partial charge in [0.1, 0.15) is 5.82 Å². The SMILES string of the molecule is CN1CCN(C2CCN(c3ccc(Nc4ncc5c(F)c(C6CC6)n(-c6cccc(N=S(C)(C)=O)n6)c5n4)cc3Cl)CC2)CC1. The summed E-state index contributed by atoms with van der Waals surface area (Å²) >= 11 is 6.83. The fraction of sp³-hybridized carbons (Fsp3) is 0.469. The Morgan fingerprint density at radius 1 is 1.00 bits per heavy atom. The summed E-state index contributed by atoms with van der Waals surface area (Å²) in [5.41, 5.74) is 2.73. The number of hydrogen-bond donors (Lipinski definition) is 1. The van der Waals surface area contributed by atoms with Gasteiger partial charge in [-0.05, 0) is 63.1 Å². The highest BCUT2D eigenvalue weighted by Gasteiger charge is 2.34. The van der Waals surface area contributed by atoms with Crippen molar-refractivity contribution in [2.24, 2.45) is 4.36 Å². The second-order valence-corrected chi connectivity index (χ2v) is 15.7. The first kappa shape index (κ1) is 30.3. The highest BCUT2D eigenvalue weighted by Crippen LogP contribution is 2.45.